The third-order valence-corrected chi connectivity index (χ3v) is 5.16. The highest BCUT2D eigenvalue weighted by Gasteiger charge is 2.17. The lowest BCUT2D eigenvalue weighted by molar-refractivity contribution is -0.129. The van der Waals surface area contributed by atoms with Gasteiger partial charge in [0, 0.05) is 57.8 Å². The smallest absolute Gasteiger partial charge is 0.251 e. The lowest BCUT2D eigenvalue weighted by Crippen LogP contribution is -2.46. The molecule has 29 heavy (non-hydrogen) atoms. The number of hydrogen-bond donors (Lipinski definition) is 3. The average Bonchev–Trinajstić information content (AvgIpc) is 2.78. The minimum atomic E-state index is -0.347. The maximum absolute atomic E-state index is 12.3. The van der Waals surface area contributed by atoms with Crippen LogP contribution >= 0.6 is 0 Å². The van der Waals surface area contributed by atoms with Crippen molar-refractivity contribution < 1.29 is 14.8 Å². The van der Waals surface area contributed by atoms with E-state index in [2.05, 4.69) is 15.1 Å². The molecule has 3 N–H and O–H groups in total. The summed E-state index contributed by atoms with van der Waals surface area (Å²) in [6.45, 7) is 5.69. The molecule has 0 bridgehead atoms. The first-order valence-corrected chi connectivity index (χ1v) is 9.93. The summed E-state index contributed by atoms with van der Waals surface area (Å²) in [5.74, 6) is -0.416. The van der Waals surface area contributed by atoms with E-state index >= 15 is 0 Å². The molecule has 0 aliphatic carbocycles. The summed E-state index contributed by atoms with van der Waals surface area (Å²) in [7, 11) is 0. The Morgan fingerprint density at radius 3 is 2.17 bits per heavy atom. The van der Waals surface area contributed by atoms with Crippen LogP contribution in [-0.4, -0.2) is 59.5 Å². The summed E-state index contributed by atoms with van der Waals surface area (Å²) < 4.78 is 0. The molecule has 154 valence electrons. The predicted molar refractivity (Wildman–Crippen MR) is 110 cm³/mol. The van der Waals surface area contributed by atoms with Gasteiger partial charge in [0.2, 0.25) is 5.91 Å². The molecule has 0 spiro atoms. The third kappa shape index (κ3) is 6.67. The maximum Gasteiger partial charge on any atom is 0.251 e. The Balaban J connectivity index is 1.41. The monoisotopic (exact) mass is 396 g/mol. The molecule has 0 atom stereocenters. The van der Waals surface area contributed by atoms with Crippen LogP contribution in [0, 0.1) is 0 Å². The van der Waals surface area contributed by atoms with Crippen LogP contribution in [0.4, 0.5) is 0 Å². The van der Waals surface area contributed by atoms with Gasteiger partial charge in [0.1, 0.15) is 0 Å². The number of hydroxylamine groups is 1. The quantitative estimate of drug-likeness (QED) is 0.467. The van der Waals surface area contributed by atoms with E-state index in [1.165, 1.54) is 5.56 Å². The van der Waals surface area contributed by atoms with E-state index in [4.69, 9.17) is 5.21 Å². The molecule has 7 nitrogen and oxygen atoms in total. The van der Waals surface area contributed by atoms with Gasteiger partial charge < -0.3 is 10.2 Å². The first kappa shape index (κ1) is 21.0. The fourth-order valence-corrected chi connectivity index (χ4v) is 3.39. The van der Waals surface area contributed by atoms with E-state index in [0.29, 0.717) is 25.1 Å². The molecule has 2 aromatic rings. The number of carbonyl (C=O) groups is 2. The topological polar surface area (TPSA) is 84.9 Å². The van der Waals surface area contributed by atoms with Crippen LogP contribution in [-0.2, 0) is 17.9 Å². The second-order valence-electron chi connectivity index (χ2n) is 7.27. The molecule has 1 aliphatic heterocycles. The molecule has 0 radical (unpaired) electrons. The Labute approximate surface area is 171 Å². The predicted octanol–water partition coefficient (Wildman–Crippen LogP) is 1.63. The van der Waals surface area contributed by atoms with Crippen LogP contribution < -0.4 is 10.8 Å². The lowest BCUT2D eigenvalue weighted by atomic mass is 10.1. The van der Waals surface area contributed by atoms with Crippen molar-refractivity contribution in [3.63, 3.8) is 0 Å². The summed E-state index contributed by atoms with van der Waals surface area (Å²) in [6.07, 6.45) is 0.310. The van der Waals surface area contributed by atoms with Crippen LogP contribution in [0.1, 0.15) is 27.9 Å². The maximum atomic E-state index is 12.3. The molecule has 3 rings (SSSR count). The standard InChI is InChI=1S/C22H28N4O3/c27-21(24-29)10-11-25-12-14-26(15-13-25)17-19-6-8-20(9-7-19)22(28)23-16-18-4-2-1-3-5-18/h1-9,29H,10-17H2,(H,23,28)(H,24,27). The van der Waals surface area contributed by atoms with Crippen LogP contribution in [0.25, 0.3) is 0 Å². The van der Waals surface area contributed by atoms with Crippen LogP contribution in [0.15, 0.2) is 54.6 Å². The lowest BCUT2D eigenvalue weighted by Gasteiger charge is -2.34. The fraction of sp³-hybridized carbons (Fsp3) is 0.364. The minimum Gasteiger partial charge on any atom is -0.348 e. The van der Waals surface area contributed by atoms with E-state index in [1.54, 1.807) is 5.48 Å². The van der Waals surface area contributed by atoms with Gasteiger partial charge >= 0.3 is 0 Å². The number of piperazine rings is 1. The SMILES string of the molecule is O=C(CCN1CCN(Cc2ccc(C(=O)NCc3ccccc3)cc2)CC1)NO. The first-order chi connectivity index (χ1) is 14.1. The van der Waals surface area contributed by atoms with Crippen molar-refractivity contribution in [1.82, 2.24) is 20.6 Å². The van der Waals surface area contributed by atoms with Crippen molar-refractivity contribution in [3.05, 3.63) is 71.3 Å². The summed E-state index contributed by atoms with van der Waals surface area (Å²) in [4.78, 5) is 28.0. The molecule has 1 heterocycles. The molecular weight excluding hydrogens is 368 g/mol. The van der Waals surface area contributed by atoms with Gasteiger partial charge in [0.15, 0.2) is 0 Å². The molecule has 7 heteroatoms. The number of nitrogens with one attached hydrogen (secondary N) is 2. The molecular formula is C22H28N4O3. The van der Waals surface area contributed by atoms with Gasteiger partial charge in [-0.1, -0.05) is 42.5 Å². The zero-order valence-electron chi connectivity index (χ0n) is 16.5. The number of nitrogens with zero attached hydrogens (tertiary/aromatic N) is 2. The van der Waals surface area contributed by atoms with Gasteiger partial charge in [-0.3, -0.25) is 19.7 Å². The van der Waals surface area contributed by atoms with Crippen LogP contribution in [0.3, 0.4) is 0 Å². The largest absolute Gasteiger partial charge is 0.348 e. The van der Waals surface area contributed by atoms with E-state index in [1.807, 2.05) is 54.6 Å². The molecule has 1 saturated heterocycles. The fourth-order valence-electron chi connectivity index (χ4n) is 3.39. The minimum absolute atomic E-state index is 0.0686. The molecule has 1 fully saturated rings. The van der Waals surface area contributed by atoms with Crippen molar-refractivity contribution in [1.29, 1.82) is 0 Å². The Kier molecular flexibility index (Phi) is 7.75. The number of hydrogen-bond acceptors (Lipinski definition) is 5. The number of carbonyl (C=O) groups excluding carboxylic acids is 2. The van der Waals surface area contributed by atoms with Crippen molar-refractivity contribution >= 4 is 11.8 Å². The van der Waals surface area contributed by atoms with Gasteiger partial charge in [-0.25, -0.2) is 5.48 Å². The number of rotatable bonds is 8. The van der Waals surface area contributed by atoms with Crippen molar-refractivity contribution in [3.8, 4) is 0 Å². The van der Waals surface area contributed by atoms with Crippen LogP contribution in [0.5, 0.6) is 0 Å². The highest BCUT2D eigenvalue weighted by Crippen LogP contribution is 2.11. The van der Waals surface area contributed by atoms with E-state index in [9.17, 15) is 9.59 Å². The van der Waals surface area contributed by atoms with Gasteiger partial charge in [-0.15, -0.1) is 0 Å². The van der Waals surface area contributed by atoms with Crippen molar-refractivity contribution in [2.24, 2.45) is 0 Å². The zero-order chi connectivity index (χ0) is 20.5. The molecule has 2 amide bonds. The van der Waals surface area contributed by atoms with Gasteiger partial charge in [-0.05, 0) is 23.3 Å². The normalized spacial score (nSPS) is 15.1. The number of benzene rings is 2. The van der Waals surface area contributed by atoms with Crippen molar-refractivity contribution in [2.75, 3.05) is 32.7 Å². The number of amides is 2. The van der Waals surface area contributed by atoms with E-state index < -0.39 is 0 Å². The van der Waals surface area contributed by atoms with Gasteiger partial charge in [0.05, 0.1) is 0 Å². The Morgan fingerprint density at radius 2 is 1.52 bits per heavy atom. The van der Waals surface area contributed by atoms with Gasteiger partial charge in [0.25, 0.3) is 5.91 Å². The molecule has 0 unspecified atom stereocenters. The summed E-state index contributed by atoms with van der Waals surface area (Å²) in [6, 6.07) is 17.6. The summed E-state index contributed by atoms with van der Waals surface area (Å²) in [5, 5.41) is 11.5. The summed E-state index contributed by atoms with van der Waals surface area (Å²) >= 11 is 0. The Morgan fingerprint density at radius 1 is 0.862 bits per heavy atom. The molecule has 0 aromatic heterocycles. The molecule has 1 aliphatic rings. The second kappa shape index (κ2) is 10.7. The highest BCUT2D eigenvalue weighted by molar-refractivity contribution is 5.94. The Bertz CT molecular complexity index is 787. The second-order valence-corrected chi connectivity index (χ2v) is 7.27. The third-order valence-electron chi connectivity index (χ3n) is 5.16. The van der Waals surface area contributed by atoms with Crippen LogP contribution in [0.2, 0.25) is 0 Å². The highest BCUT2D eigenvalue weighted by atomic mass is 16.5. The van der Waals surface area contributed by atoms with Gasteiger partial charge in [-0.2, -0.15) is 0 Å². The average molecular weight is 396 g/mol. The van der Waals surface area contributed by atoms with E-state index in [-0.39, 0.29) is 11.8 Å². The first-order valence-electron chi connectivity index (χ1n) is 9.93. The molecule has 0 saturated carbocycles. The summed E-state index contributed by atoms with van der Waals surface area (Å²) in [5.41, 5.74) is 4.59. The zero-order valence-corrected chi connectivity index (χ0v) is 16.5. The molecule has 2 aromatic carbocycles. The van der Waals surface area contributed by atoms with Crippen molar-refractivity contribution in [2.45, 2.75) is 19.5 Å². The Hall–Kier alpha value is -2.74. The van der Waals surface area contributed by atoms with E-state index in [0.717, 1.165) is 38.3 Å².